The van der Waals surface area contributed by atoms with Crippen molar-refractivity contribution in [3.8, 4) is 6.19 Å². The monoisotopic (exact) mass is 259 g/mol. The van der Waals surface area contributed by atoms with E-state index in [2.05, 4.69) is 20.9 Å². The Bertz CT molecular complexity index is 533. The van der Waals surface area contributed by atoms with Crippen LogP contribution < -0.4 is 16.0 Å². The highest BCUT2D eigenvalue weighted by molar-refractivity contribution is 5.98. The molecule has 0 aliphatic heterocycles. The summed E-state index contributed by atoms with van der Waals surface area (Å²) in [6.07, 6.45) is 2.35. The van der Waals surface area contributed by atoms with E-state index in [4.69, 9.17) is 5.26 Å². The molecule has 0 fully saturated rings. The maximum atomic E-state index is 11.6. The first-order valence-corrected chi connectivity index (χ1v) is 5.42. The fourth-order valence-corrected chi connectivity index (χ4v) is 1.31. The lowest BCUT2D eigenvalue weighted by Gasteiger charge is -2.08. The Hall–Kier alpha value is -2.88. The number of nitrogens with zero attached hydrogens (tertiary/aromatic N) is 2. The highest BCUT2D eigenvalue weighted by atomic mass is 16.2. The molecule has 0 aromatic heterocycles. The van der Waals surface area contributed by atoms with E-state index in [0.29, 0.717) is 17.5 Å². The number of hydrogen-bond donors (Lipinski definition) is 3. The van der Waals surface area contributed by atoms with Gasteiger partial charge in [-0.1, -0.05) is 6.07 Å². The van der Waals surface area contributed by atoms with Crippen LogP contribution in [-0.4, -0.2) is 31.7 Å². The van der Waals surface area contributed by atoms with Crippen LogP contribution in [0.5, 0.6) is 0 Å². The number of aldehydes is 1. The number of nitriles is 1. The summed E-state index contributed by atoms with van der Waals surface area (Å²) in [5.41, 5.74) is 1.00. The van der Waals surface area contributed by atoms with E-state index < -0.39 is 0 Å². The summed E-state index contributed by atoms with van der Waals surface area (Å²) in [6, 6.07) is 6.61. The van der Waals surface area contributed by atoms with Crippen molar-refractivity contribution in [3.63, 3.8) is 0 Å². The molecule has 1 amide bonds. The predicted molar refractivity (Wildman–Crippen MR) is 70.6 cm³/mol. The smallest absolute Gasteiger partial charge is 0.251 e. The van der Waals surface area contributed by atoms with Crippen molar-refractivity contribution < 1.29 is 9.59 Å². The van der Waals surface area contributed by atoms with Crippen molar-refractivity contribution in [1.29, 1.82) is 5.26 Å². The Morgan fingerprint density at radius 1 is 1.53 bits per heavy atom. The average molecular weight is 259 g/mol. The van der Waals surface area contributed by atoms with Crippen molar-refractivity contribution in [2.45, 2.75) is 0 Å². The molecule has 0 saturated heterocycles. The van der Waals surface area contributed by atoms with Gasteiger partial charge in [-0.15, -0.1) is 0 Å². The lowest BCUT2D eigenvalue weighted by molar-refractivity contribution is -0.107. The molecule has 0 radical (unpaired) electrons. The summed E-state index contributed by atoms with van der Waals surface area (Å²) in [5, 5.41) is 16.2. The van der Waals surface area contributed by atoms with Gasteiger partial charge in [-0.05, 0) is 18.2 Å². The van der Waals surface area contributed by atoms with E-state index in [1.807, 2.05) is 0 Å². The van der Waals surface area contributed by atoms with Gasteiger partial charge >= 0.3 is 0 Å². The summed E-state index contributed by atoms with van der Waals surface area (Å²) >= 11 is 0. The molecule has 3 N–H and O–H groups in total. The number of aliphatic imine (C=N–C) groups is 1. The molecular formula is C12H13N5O2. The normalized spacial score (nSPS) is 10.2. The molecule has 0 unspecified atom stereocenters. The molecule has 19 heavy (non-hydrogen) atoms. The molecule has 1 aromatic carbocycles. The molecule has 0 bridgehead atoms. The van der Waals surface area contributed by atoms with Crippen LogP contribution >= 0.6 is 0 Å². The Morgan fingerprint density at radius 2 is 2.32 bits per heavy atom. The fourth-order valence-electron chi connectivity index (χ4n) is 1.31. The Kier molecular flexibility index (Phi) is 5.56. The van der Waals surface area contributed by atoms with Gasteiger partial charge < -0.3 is 15.4 Å². The Balaban J connectivity index is 2.80. The number of anilines is 1. The van der Waals surface area contributed by atoms with E-state index >= 15 is 0 Å². The van der Waals surface area contributed by atoms with E-state index in [1.54, 1.807) is 30.5 Å². The minimum Gasteiger partial charge on any atom is -0.345 e. The first-order valence-electron chi connectivity index (χ1n) is 5.42. The Labute approximate surface area is 110 Å². The van der Waals surface area contributed by atoms with E-state index in [-0.39, 0.29) is 18.4 Å². The van der Waals surface area contributed by atoms with Gasteiger partial charge in [0.1, 0.15) is 6.29 Å². The number of carbonyl (C=O) groups excluding carboxylic acids is 2. The van der Waals surface area contributed by atoms with Crippen molar-refractivity contribution in [1.82, 2.24) is 10.6 Å². The summed E-state index contributed by atoms with van der Waals surface area (Å²) in [6.45, 7) is -0.0336. The van der Waals surface area contributed by atoms with Gasteiger partial charge in [0.2, 0.25) is 5.96 Å². The zero-order chi connectivity index (χ0) is 14.1. The molecule has 0 atom stereocenters. The highest BCUT2D eigenvalue weighted by Gasteiger charge is 2.06. The van der Waals surface area contributed by atoms with Gasteiger partial charge in [0.25, 0.3) is 5.91 Å². The maximum Gasteiger partial charge on any atom is 0.251 e. The number of nitrogens with one attached hydrogen (secondary N) is 3. The second-order valence-corrected chi connectivity index (χ2v) is 3.39. The fraction of sp³-hybridized carbons (Fsp3) is 0.167. The van der Waals surface area contributed by atoms with Gasteiger partial charge in [-0.2, -0.15) is 5.26 Å². The van der Waals surface area contributed by atoms with E-state index in [0.717, 1.165) is 0 Å². The van der Waals surface area contributed by atoms with Crippen LogP contribution in [0.1, 0.15) is 10.4 Å². The zero-order valence-corrected chi connectivity index (χ0v) is 10.3. The van der Waals surface area contributed by atoms with Gasteiger partial charge in [0.05, 0.1) is 6.54 Å². The van der Waals surface area contributed by atoms with E-state index in [9.17, 15) is 9.59 Å². The average Bonchev–Trinajstić information content (AvgIpc) is 2.44. The quantitative estimate of drug-likeness (QED) is 0.233. The van der Waals surface area contributed by atoms with E-state index in [1.165, 1.54) is 7.05 Å². The Morgan fingerprint density at radius 3 is 2.95 bits per heavy atom. The molecule has 1 rings (SSSR count). The maximum absolute atomic E-state index is 11.6. The van der Waals surface area contributed by atoms with Gasteiger partial charge in [-0.3, -0.25) is 15.1 Å². The first-order chi connectivity index (χ1) is 9.21. The second-order valence-electron chi connectivity index (χ2n) is 3.39. The molecular weight excluding hydrogens is 246 g/mol. The summed E-state index contributed by atoms with van der Waals surface area (Å²) in [7, 11) is 1.52. The van der Waals surface area contributed by atoms with Gasteiger partial charge in [0.15, 0.2) is 6.19 Å². The predicted octanol–water partition coefficient (Wildman–Crippen LogP) is 0.0837. The van der Waals surface area contributed by atoms with Crippen LogP contribution in [0.15, 0.2) is 29.3 Å². The third kappa shape index (κ3) is 4.47. The number of rotatable bonds is 4. The molecule has 98 valence electrons. The van der Waals surface area contributed by atoms with Crippen molar-refractivity contribution in [3.05, 3.63) is 29.8 Å². The minimum absolute atomic E-state index is 0.0336. The number of benzene rings is 1. The SMILES string of the molecule is CN=C(NC#N)Nc1cccc(C(=O)NCC=O)c1. The standard InChI is InChI=1S/C12H13N5O2/c1-14-12(16-8-13)17-10-4-2-3-9(7-10)11(19)15-5-6-18/h2-4,6-7H,5H2,1H3,(H,15,19)(H2,14,16,17). The van der Waals surface area contributed by atoms with Crippen LogP contribution in [-0.2, 0) is 4.79 Å². The first kappa shape index (κ1) is 14.2. The van der Waals surface area contributed by atoms with Crippen LogP contribution in [0.3, 0.4) is 0 Å². The van der Waals surface area contributed by atoms with Crippen molar-refractivity contribution >= 4 is 23.8 Å². The number of amides is 1. The number of guanidine groups is 1. The lowest BCUT2D eigenvalue weighted by Crippen LogP contribution is -2.27. The molecule has 1 aromatic rings. The third-order valence-electron chi connectivity index (χ3n) is 2.13. The largest absolute Gasteiger partial charge is 0.345 e. The zero-order valence-electron chi connectivity index (χ0n) is 10.3. The molecule has 0 heterocycles. The molecule has 7 heteroatoms. The third-order valence-corrected chi connectivity index (χ3v) is 2.13. The van der Waals surface area contributed by atoms with Crippen LogP contribution in [0, 0.1) is 11.5 Å². The molecule has 0 aliphatic rings. The van der Waals surface area contributed by atoms with Gasteiger partial charge in [0, 0.05) is 18.3 Å². The van der Waals surface area contributed by atoms with Crippen molar-refractivity contribution in [2.75, 3.05) is 18.9 Å². The molecule has 0 spiro atoms. The van der Waals surface area contributed by atoms with Crippen molar-refractivity contribution in [2.24, 2.45) is 4.99 Å². The van der Waals surface area contributed by atoms with Crippen LogP contribution in [0.4, 0.5) is 5.69 Å². The number of hydrogen-bond acceptors (Lipinski definition) is 4. The molecule has 0 aliphatic carbocycles. The minimum atomic E-state index is -0.348. The van der Waals surface area contributed by atoms with Crippen LogP contribution in [0.25, 0.3) is 0 Å². The number of carbonyl (C=O) groups is 2. The topological polar surface area (TPSA) is 106 Å². The summed E-state index contributed by atoms with van der Waals surface area (Å²) in [5.74, 6) is -0.0769. The van der Waals surface area contributed by atoms with Crippen LogP contribution in [0.2, 0.25) is 0 Å². The molecule has 0 saturated carbocycles. The molecule has 7 nitrogen and oxygen atoms in total. The second kappa shape index (κ2) is 7.45. The summed E-state index contributed by atoms with van der Waals surface area (Å²) < 4.78 is 0. The lowest BCUT2D eigenvalue weighted by atomic mass is 10.2. The highest BCUT2D eigenvalue weighted by Crippen LogP contribution is 2.10. The van der Waals surface area contributed by atoms with Gasteiger partial charge in [-0.25, -0.2) is 0 Å². The summed E-state index contributed by atoms with van der Waals surface area (Å²) in [4.78, 5) is 25.6.